The van der Waals surface area contributed by atoms with E-state index in [-0.39, 0.29) is 23.8 Å². The van der Waals surface area contributed by atoms with Crippen molar-refractivity contribution in [1.82, 2.24) is 5.32 Å². The first-order valence-corrected chi connectivity index (χ1v) is 6.22. The van der Waals surface area contributed by atoms with Crippen molar-refractivity contribution < 1.29 is 23.0 Å². The normalized spacial score (nSPS) is 10.6. The van der Waals surface area contributed by atoms with Gasteiger partial charge in [0, 0.05) is 19.5 Å². The Morgan fingerprint density at radius 1 is 1.40 bits per heavy atom. The molecule has 0 saturated carbocycles. The van der Waals surface area contributed by atoms with Gasteiger partial charge in [-0.2, -0.15) is 8.78 Å². The van der Waals surface area contributed by atoms with Crippen molar-refractivity contribution in [2.75, 3.05) is 13.2 Å². The van der Waals surface area contributed by atoms with Crippen LogP contribution in [-0.4, -0.2) is 25.7 Å². The van der Waals surface area contributed by atoms with Gasteiger partial charge in [-0.3, -0.25) is 4.79 Å². The lowest BCUT2D eigenvalue weighted by molar-refractivity contribution is -0.117. The number of carbonyl (C=O) groups excluding carboxylic acids is 1. The molecule has 0 aliphatic heterocycles. The first-order valence-electron chi connectivity index (χ1n) is 6.22. The molecule has 1 rings (SSSR count). The lowest BCUT2D eigenvalue weighted by atomic mass is 10.2. The highest BCUT2D eigenvalue weighted by molar-refractivity contribution is 5.73. The molecule has 1 aromatic rings. The van der Waals surface area contributed by atoms with E-state index in [0.717, 1.165) is 5.56 Å². The highest BCUT2D eigenvalue weighted by Gasteiger charge is 2.11. The maximum atomic E-state index is 12.2. The van der Waals surface area contributed by atoms with Gasteiger partial charge < -0.3 is 20.5 Å². The third kappa shape index (κ3) is 5.83. The van der Waals surface area contributed by atoms with Crippen LogP contribution < -0.4 is 20.5 Å². The Balaban J connectivity index is 2.64. The molecule has 3 N–H and O–H groups in total. The number of ether oxygens (including phenoxy) is 2. The predicted molar refractivity (Wildman–Crippen MR) is 69.8 cm³/mol. The molecule has 0 aliphatic carbocycles. The molecule has 1 aromatic carbocycles. The number of rotatable bonds is 9. The van der Waals surface area contributed by atoms with Gasteiger partial charge in [-0.05, 0) is 24.6 Å². The number of nitrogens with two attached hydrogens (primary N) is 1. The summed E-state index contributed by atoms with van der Waals surface area (Å²) in [4.78, 5) is 10.6. The fourth-order valence-corrected chi connectivity index (χ4v) is 1.57. The molecule has 0 aromatic heterocycles. The van der Waals surface area contributed by atoms with Crippen LogP contribution >= 0.6 is 0 Å². The monoisotopic (exact) mass is 288 g/mol. The van der Waals surface area contributed by atoms with E-state index in [0.29, 0.717) is 19.7 Å². The van der Waals surface area contributed by atoms with E-state index in [4.69, 9.17) is 10.5 Å². The summed E-state index contributed by atoms with van der Waals surface area (Å²) in [5, 5.41) is 3.02. The van der Waals surface area contributed by atoms with Crippen LogP contribution in [0.3, 0.4) is 0 Å². The Bertz CT molecular complexity index is 442. The molecule has 112 valence electrons. The predicted octanol–water partition coefficient (Wildman–Crippen LogP) is 1.65. The van der Waals surface area contributed by atoms with Crippen molar-refractivity contribution in [3.05, 3.63) is 23.8 Å². The van der Waals surface area contributed by atoms with Crippen LogP contribution in [-0.2, 0) is 11.3 Å². The van der Waals surface area contributed by atoms with Crippen LogP contribution in [0.2, 0.25) is 0 Å². The lowest BCUT2D eigenvalue weighted by Crippen LogP contribution is -2.21. The molecule has 0 spiro atoms. The van der Waals surface area contributed by atoms with Gasteiger partial charge in [0.15, 0.2) is 11.5 Å². The largest absolute Gasteiger partial charge is 0.490 e. The van der Waals surface area contributed by atoms with Gasteiger partial charge in [0.25, 0.3) is 0 Å². The van der Waals surface area contributed by atoms with Crippen LogP contribution in [0, 0.1) is 0 Å². The van der Waals surface area contributed by atoms with E-state index in [9.17, 15) is 13.6 Å². The van der Waals surface area contributed by atoms with E-state index < -0.39 is 6.61 Å². The zero-order valence-corrected chi connectivity index (χ0v) is 11.2. The summed E-state index contributed by atoms with van der Waals surface area (Å²) in [7, 11) is 0. The fourth-order valence-electron chi connectivity index (χ4n) is 1.57. The first kappa shape index (κ1) is 16.2. The molecule has 0 bridgehead atoms. The van der Waals surface area contributed by atoms with E-state index in [1.807, 2.05) is 0 Å². The van der Waals surface area contributed by atoms with E-state index in [1.54, 1.807) is 19.1 Å². The third-order valence-electron chi connectivity index (χ3n) is 2.40. The molecule has 0 saturated heterocycles. The quantitative estimate of drug-likeness (QED) is 0.678. The number of primary amides is 1. The summed E-state index contributed by atoms with van der Waals surface area (Å²) in [6, 6.07) is 4.71. The molecule has 1 amide bonds. The van der Waals surface area contributed by atoms with Crippen molar-refractivity contribution in [3.63, 3.8) is 0 Å². The molecule has 0 radical (unpaired) electrons. The van der Waals surface area contributed by atoms with Crippen molar-refractivity contribution >= 4 is 5.91 Å². The number of alkyl halides is 2. The molecule has 0 unspecified atom stereocenters. The fraction of sp³-hybridized carbons (Fsp3) is 0.462. The first-order chi connectivity index (χ1) is 9.52. The zero-order chi connectivity index (χ0) is 15.0. The number of hydrogen-bond donors (Lipinski definition) is 2. The summed E-state index contributed by atoms with van der Waals surface area (Å²) in [6.07, 6.45) is 0.241. The second-order valence-corrected chi connectivity index (χ2v) is 3.99. The van der Waals surface area contributed by atoms with Gasteiger partial charge in [-0.25, -0.2) is 0 Å². The molecule has 0 aliphatic rings. The average molecular weight is 288 g/mol. The van der Waals surface area contributed by atoms with Crippen molar-refractivity contribution in [2.45, 2.75) is 26.5 Å². The average Bonchev–Trinajstić information content (AvgIpc) is 2.37. The van der Waals surface area contributed by atoms with Gasteiger partial charge in [-0.1, -0.05) is 6.07 Å². The van der Waals surface area contributed by atoms with Crippen molar-refractivity contribution in [3.8, 4) is 11.5 Å². The topological polar surface area (TPSA) is 73.6 Å². The Labute approximate surface area is 116 Å². The minimum atomic E-state index is -2.89. The van der Waals surface area contributed by atoms with E-state index >= 15 is 0 Å². The number of benzene rings is 1. The second kappa shape index (κ2) is 8.31. The van der Waals surface area contributed by atoms with Crippen LogP contribution in [0.1, 0.15) is 18.9 Å². The highest BCUT2D eigenvalue weighted by Crippen LogP contribution is 2.29. The Morgan fingerprint density at radius 2 is 2.15 bits per heavy atom. The molecule has 5 nitrogen and oxygen atoms in total. The summed E-state index contributed by atoms with van der Waals surface area (Å²) in [5.74, 6) is -0.113. The standard InChI is InChI=1S/C13H18F2N2O3/c1-2-19-11-7-9(8-17-6-5-12(16)18)3-4-10(11)20-13(14)15/h3-4,7,13,17H,2,5-6,8H2,1H3,(H2,16,18). The zero-order valence-electron chi connectivity index (χ0n) is 11.2. The van der Waals surface area contributed by atoms with Crippen molar-refractivity contribution in [1.29, 1.82) is 0 Å². The van der Waals surface area contributed by atoms with E-state index in [2.05, 4.69) is 10.1 Å². The maximum absolute atomic E-state index is 12.2. The van der Waals surface area contributed by atoms with Gasteiger partial charge in [0.05, 0.1) is 6.61 Å². The highest BCUT2D eigenvalue weighted by atomic mass is 19.3. The molecule has 7 heteroatoms. The van der Waals surface area contributed by atoms with Gasteiger partial charge in [-0.15, -0.1) is 0 Å². The Kier molecular flexibility index (Phi) is 6.72. The summed E-state index contributed by atoms with van der Waals surface area (Å²) in [5.41, 5.74) is 5.85. The molecular formula is C13H18F2N2O3. The van der Waals surface area contributed by atoms with Crippen LogP contribution in [0.25, 0.3) is 0 Å². The summed E-state index contributed by atoms with van der Waals surface area (Å²) < 4.78 is 34.1. The van der Waals surface area contributed by atoms with Gasteiger partial charge >= 0.3 is 6.61 Å². The molecule has 0 heterocycles. The minimum Gasteiger partial charge on any atom is -0.490 e. The number of halogens is 2. The molecular weight excluding hydrogens is 270 g/mol. The van der Waals surface area contributed by atoms with Crippen LogP contribution in [0.4, 0.5) is 8.78 Å². The van der Waals surface area contributed by atoms with Crippen LogP contribution in [0.5, 0.6) is 11.5 Å². The maximum Gasteiger partial charge on any atom is 0.387 e. The summed E-state index contributed by atoms with van der Waals surface area (Å²) >= 11 is 0. The SMILES string of the molecule is CCOc1cc(CNCCC(N)=O)ccc1OC(F)F. The van der Waals surface area contributed by atoms with Gasteiger partial charge in [0.2, 0.25) is 5.91 Å². The summed E-state index contributed by atoms with van der Waals surface area (Å²) in [6.45, 7) is 0.132. The minimum absolute atomic E-state index is 0.00253. The Morgan fingerprint density at radius 3 is 2.75 bits per heavy atom. The number of amides is 1. The van der Waals surface area contributed by atoms with Crippen LogP contribution in [0.15, 0.2) is 18.2 Å². The van der Waals surface area contributed by atoms with Crippen molar-refractivity contribution in [2.24, 2.45) is 5.73 Å². The second-order valence-electron chi connectivity index (χ2n) is 3.99. The molecule has 0 fully saturated rings. The smallest absolute Gasteiger partial charge is 0.387 e. The molecule has 0 atom stereocenters. The van der Waals surface area contributed by atoms with E-state index in [1.165, 1.54) is 6.07 Å². The number of carbonyl (C=O) groups is 1. The Hall–Kier alpha value is -1.89. The molecule has 20 heavy (non-hydrogen) atoms. The van der Waals surface area contributed by atoms with Gasteiger partial charge in [0.1, 0.15) is 0 Å². The lowest BCUT2D eigenvalue weighted by Gasteiger charge is -2.13. The third-order valence-corrected chi connectivity index (χ3v) is 2.40. The number of hydrogen-bond acceptors (Lipinski definition) is 4. The number of nitrogens with one attached hydrogen (secondary N) is 1.